The smallest absolute Gasteiger partial charge is 0.337 e. The van der Waals surface area contributed by atoms with E-state index in [0.717, 1.165) is 0 Å². The summed E-state index contributed by atoms with van der Waals surface area (Å²) in [5.74, 6) is 0.128. The number of fused-ring (bicyclic) bond motifs is 1. The molecule has 1 heterocycles. The van der Waals surface area contributed by atoms with Gasteiger partial charge in [0.15, 0.2) is 6.61 Å². The minimum atomic E-state index is -0.493. The summed E-state index contributed by atoms with van der Waals surface area (Å²) in [6.45, 7) is -0.156. The van der Waals surface area contributed by atoms with E-state index in [-0.39, 0.29) is 19.1 Å². The first-order valence-electron chi connectivity index (χ1n) is 4.95. The lowest BCUT2D eigenvalue weighted by molar-refractivity contribution is -0.138. The molecule has 0 atom stereocenters. The fourth-order valence-electron chi connectivity index (χ4n) is 1.40. The molecule has 90 valence electrons. The number of hydrogen-bond acceptors (Lipinski definition) is 5. The molecule has 0 aromatic heterocycles. The minimum absolute atomic E-state index is 0.0392. The fraction of sp³-hybridized carbons (Fsp3) is 0.273. The molecule has 1 amide bonds. The van der Waals surface area contributed by atoms with Crippen molar-refractivity contribution < 1.29 is 23.8 Å². The standard InChI is InChI=1S/C11H11NO5/c1-15-6-11(14)17-7-2-3-8-9(4-7)16-5-10(13)12-8/h2-4H,5-6H2,1H3,(H,12,13). The molecule has 0 saturated carbocycles. The molecule has 6 heteroatoms. The van der Waals surface area contributed by atoms with Crippen LogP contribution in [0.3, 0.4) is 0 Å². The van der Waals surface area contributed by atoms with Crippen molar-refractivity contribution in [3.63, 3.8) is 0 Å². The molecule has 1 N–H and O–H groups in total. The van der Waals surface area contributed by atoms with Crippen LogP contribution in [0.1, 0.15) is 0 Å². The number of hydrogen-bond donors (Lipinski definition) is 1. The molecule has 2 rings (SSSR count). The Morgan fingerprint density at radius 1 is 1.53 bits per heavy atom. The van der Waals surface area contributed by atoms with Crippen LogP contribution in [0, 0.1) is 0 Å². The topological polar surface area (TPSA) is 73.9 Å². The van der Waals surface area contributed by atoms with E-state index in [1.54, 1.807) is 18.2 Å². The number of esters is 1. The average Bonchev–Trinajstić information content (AvgIpc) is 2.29. The van der Waals surface area contributed by atoms with Gasteiger partial charge in [-0.2, -0.15) is 0 Å². The molecule has 17 heavy (non-hydrogen) atoms. The number of ether oxygens (including phenoxy) is 3. The normalized spacial score (nSPS) is 13.4. The zero-order chi connectivity index (χ0) is 12.3. The van der Waals surface area contributed by atoms with E-state index in [1.807, 2.05) is 0 Å². The number of benzene rings is 1. The Balaban J connectivity index is 2.11. The number of nitrogens with one attached hydrogen (secondary N) is 1. The highest BCUT2D eigenvalue weighted by Crippen LogP contribution is 2.31. The first kappa shape index (κ1) is 11.4. The monoisotopic (exact) mass is 237 g/mol. The van der Waals surface area contributed by atoms with E-state index in [2.05, 4.69) is 10.1 Å². The van der Waals surface area contributed by atoms with E-state index < -0.39 is 5.97 Å². The molecule has 0 bridgehead atoms. The van der Waals surface area contributed by atoms with Gasteiger partial charge in [0.25, 0.3) is 5.91 Å². The SMILES string of the molecule is COCC(=O)Oc1ccc2c(c1)OCC(=O)N2. The van der Waals surface area contributed by atoms with Crippen LogP contribution in [0.4, 0.5) is 5.69 Å². The highest BCUT2D eigenvalue weighted by molar-refractivity contribution is 5.95. The molecule has 0 fully saturated rings. The van der Waals surface area contributed by atoms with Crippen LogP contribution in [0.2, 0.25) is 0 Å². The van der Waals surface area contributed by atoms with Crippen molar-refractivity contribution in [2.75, 3.05) is 25.6 Å². The summed E-state index contributed by atoms with van der Waals surface area (Å²) in [4.78, 5) is 22.2. The number of amides is 1. The van der Waals surface area contributed by atoms with Crippen molar-refractivity contribution in [3.8, 4) is 11.5 Å². The van der Waals surface area contributed by atoms with Crippen LogP contribution in [0.5, 0.6) is 11.5 Å². The average molecular weight is 237 g/mol. The Bertz CT molecular complexity index is 457. The number of carbonyl (C=O) groups excluding carboxylic acids is 2. The first-order chi connectivity index (χ1) is 8.19. The largest absolute Gasteiger partial charge is 0.481 e. The second-order valence-corrected chi connectivity index (χ2v) is 3.40. The number of methoxy groups -OCH3 is 1. The van der Waals surface area contributed by atoms with Gasteiger partial charge in [-0.05, 0) is 12.1 Å². The summed E-state index contributed by atoms with van der Waals surface area (Å²) in [6.07, 6.45) is 0. The van der Waals surface area contributed by atoms with Crippen molar-refractivity contribution in [2.45, 2.75) is 0 Å². The minimum Gasteiger partial charge on any atom is -0.481 e. The Kier molecular flexibility index (Phi) is 3.24. The summed E-state index contributed by atoms with van der Waals surface area (Å²) in [5, 5.41) is 2.64. The molecule has 6 nitrogen and oxygen atoms in total. The zero-order valence-corrected chi connectivity index (χ0v) is 9.19. The van der Waals surface area contributed by atoms with Crippen molar-refractivity contribution in [1.29, 1.82) is 0 Å². The lowest BCUT2D eigenvalue weighted by Gasteiger charge is -2.18. The van der Waals surface area contributed by atoms with Crippen molar-refractivity contribution >= 4 is 17.6 Å². The third kappa shape index (κ3) is 2.73. The van der Waals surface area contributed by atoms with Crippen LogP contribution in [-0.4, -0.2) is 32.2 Å². The summed E-state index contributed by atoms with van der Waals surface area (Å²) >= 11 is 0. The molecule has 1 aromatic rings. The molecule has 0 spiro atoms. The molecule has 1 aromatic carbocycles. The maximum atomic E-state index is 11.2. The van der Waals surface area contributed by atoms with Gasteiger partial charge in [0.2, 0.25) is 0 Å². The Labute approximate surface area is 97.5 Å². The quantitative estimate of drug-likeness (QED) is 0.614. The number of anilines is 1. The second kappa shape index (κ2) is 4.84. The third-order valence-electron chi connectivity index (χ3n) is 2.08. The zero-order valence-electron chi connectivity index (χ0n) is 9.19. The van der Waals surface area contributed by atoms with Crippen LogP contribution >= 0.6 is 0 Å². The van der Waals surface area contributed by atoms with E-state index >= 15 is 0 Å². The van der Waals surface area contributed by atoms with Crippen molar-refractivity contribution in [2.24, 2.45) is 0 Å². The van der Waals surface area contributed by atoms with Gasteiger partial charge in [0, 0.05) is 13.2 Å². The molecular formula is C11H11NO5. The molecule has 1 aliphatic rings. The number of carbonyl (C=O) groups is 2. The summed E-state index contributed by atoms with van der Waals surface area (Å²) in [5.41, 5.74) is 0.563. The first-order valence-corrected chi connectivity index (χ1v) is 4.95. The lowest BCUT2D eigenvalue weighted by Crippen LogP contribution is -2.25. The molecule has 0 aliphatic carbocycles. The maximum absolute atomic E-state index is 11.2. The summed E-state index contributed by atoms with van der Waals surface area (Å²) < 4.78 is 14.8. The second-order valence-electron chi connectivity index (χ2n) is 3.40. The van der Waals surface area contributed by atoms with Gasteiger partial charge in [-0.1, -0.05) is 0 Å². The predicted molar refractivity (Wildman–Crippen MR) is 58.1 cm³/mol. The van der Waals surface area contributed by atoms with E-state index in [0.29, 0.717) is 17.2 Å². The van der Waals surface area contributed by atoms with Gasteiger partial charge in [0.05, 0.1) is 5.69 Å². The highest BCUT2D eigenvalue weighted by atomic mass is 16.6. The highest BCUT2D eigenvalue weighted by Gasteiger charge is 2.16. The van der Waals surface area contributed by atoms with Crippen LogP contribution in [0.25, 0.3) is 0 Å². The van der Waals surface area contributed by atoms with Gasteiger partial charge in [-0.15, -0.1) is 0 Å². The molecule has 0 unspecified atom stereocenters. The van der Waals surface area contributed by atoms with Crippen LogP contribution < -0.4 is 14.8 Å². The summed E-state index contributed by atoms with van der Waals surface area (Å²) in [7, 11) is 1.41. The fourth-order valence-corrected chi connectivity index (χ4v) is 1.40. The van der Waals surface area contributed by atoms with E-state index in [4.69, 9.17) is 9.47 Å². The number of rotatable bonds is 3. The molecule has 1 aliphatic heterocycles. The molecular weight excluding hydrogens is 226 g/mol. The molecule has 0 radical (unpaired) electrons. The summed E-state index contributed by atoms with van der Waals surface area (Å²) in [6, 6.07) is 4.73. The van der Waals surface area contributed by atoms with Crippen LogP contribution in [0.15, 0.2) is 18.2 Å². The Morgan fingerprint density at radius 3 is 3.12 bits per heavy atom. The van der Waals surface area contributed by atoms with Gasteiger partial charge < -0.3 is 19.5 Å². The Hall–Kier alpha value is -2.08. The third-order valence-corrected chi connectivity index (χ3v) is 2.08. The van der Waals surface area contributed by atoms with Gasteiger partial charge in [0.1, 0.15) is 18.1 Å². The van der Waals surface area contributed by atoms with Gasteiger partial charge in [-0.25, -0.2) is 4.79 Å². The lowest BCUT2D eigenvalue weighted by atomic mass is 10.2. The van der Waals surface area contributed by atoms with E-state index in [1.165, 1.54) is 7.11 Å². The van der Waals surface area contributed by atoms with Gasteiger partial charge in [-0.3, -0.25) is 4.79 Å². The maximum Gasteiger partial charge on any atom is 0.337 e. The van der Waals surface area contributed by atoms with Crippen molar-refractivity contribution in [3.05, 3.63) is 18.2 Å². The molecule has 0 saturated heterocycles. The predicted octanol–water partition coefficient (Wildman–Crippen LogP) is 0.569. The van der Waals surface area contributed by atoms with Crippen LogP contribution in [-0.2, 0) is 14.3 Å². The Morgan fingerprint density at radius 2 is 2.35 bits per heavy atom. The van der Waals surface area contributed by atoms with Crippen molar-refractivity contribution in [1.82, 2.24) is 0 Å². The van der Waals surface area contributed by atoms with E-state index in [9.17, 15) is 9.59 Å². The van der Waals surface area contributed by atoms with Gasteiger partial charge >= 0.3 is 5.97 Å².